The van der Waals surface area contributed by atoms with E-state index in [1.54, 1.807) is 0 Å². The maximum Gasteiger partial charge on any atom is 0.224 e. The van der Waals surface area contributed by atoms with Gasteiger partial charge >= 0.3 is 0 Å². The van der Waals surface area contributed by atoms with Crippen LogP contribution in [0.15, 0.2) is 78.9 Å². The number of carbonyl (C=O) groups excluding carboxylic acids is 1. The Morgan fingerprint density at radius 2 is 1.53 bits per heavy atom. The van der Waals surface area contributed by atoms with Crippen molar-refractivity contribution in [3.8, 4) is 11.1 Å². The number of hydrogen-bond acceptors (Lipinski definition) is 2. The van der Waals surface area contributed by atoms with Crippen LogP contribution in [-0.4, -0.2) is 15.5 Å². The van der Waals surface area contributed by atoms with E-state index in [2.05, 4.69) is 54.1 Å². The monoisotopic (exact) mass is 425 g/mol. The van der Waals surface area contributed by atoms with E-state index in [9.17, 15) is 4.79 Å². The van der Waals surface area contributed by atoms with Crippen molar-refractivity contribution in [3.05, 3.63) is 90.3 Å². The molecule has 3 aromatic carbocycles. The van der Waals surface area contributed by atoms with Gasteiger partial charge in [0, 0.05) is 6.54 Å². The third-order valence-electron chi connectivity index (χ3n) is 5.80. The zero-order chi connectivity index (χ0) is 22.5. The van der Waals surface area contributed by atoms with Gasteiger partial charge < -0.3 is 9.88 Å². The SMILES string of the molecule is CC(C)CCn1c(C(C)NC(=O)Cc2ccc(-c3ccccc3)cc2)nc2ccccc21. The molecule has 1 amide bonds. The predicted octanol–water partition coefficient (Wildman–Crippen LogP) is 6.17. The van der Waals surface area contributed by atoms with Gasteiger partial charge in [-0.05, 0) is 48.1 Å². The number of rotatable bonds is 8. The largest absolute Gasteiger partial charge is 0.346 e. The summed E-state index contributed by atoms with van der Waals surface area (Å²) < 4.78 is 2.26. The van der Waals surface area contributed by atoms with Crippen molar-refractivity contribution in [3.63, 3.8) is 0 Å². The molecule has 0 saturated carbocycles. The van der Waals surface area contributed by atoms with Gasteiger partial charge in [-0.15, -0.1) is 0 Å². The second kappa shape index (κ2) is 9.82. The van der Waals surface area contributed by atoms with Crippen molar-refractivity contribution >= 4 is 16.9 Å². The van der Waals surface area contributed by atoms with Gasteiger partial charge in [-0.3, -0.25) is 4.79 Å². The van der Waals surface area contributed by atoms with Crippen LogP contribution in [0.4, 0.5) is 0 Å². The summed E-state index contributed by atoms with van der Waals surface area (Å²) in [5.74, 6) is 1.53. The summed E-state index contributed by atoms with van der Waals surface area (Å²) in [6.45, 7) is 7.37. The molecule has 1 heterocycles. The van der Waals surface area contributed by atoms with Gasteiger partial charge in [0.2, 0.25) is 5.91 Å². The molecule has 0 radical (unpaired) electrons. The molecule has 1 N–H and O–H groups in total. The Labute approximate surface area is 190 Å². The number of benzene rings is 3. The first-order chi connectivity index (χ1) is 15.5. The fourth-order valence-electron chi connectivity index (χ4n) is 4.04. The van der Waals surface area contributed by atoms with E-state index in [-0.39, 0.29) is 11.9 Å². The van der Waals surface area contributed by atoms with Gasteiger partial charge in [0.25, 0.3) is 0 Å². The molecule has 164 valence electrons. The normalized spacial score (nSPS) is 12.2. The summed E-state index contributed by atoms with van der Waals surface area (Å²) in [4.78, 5) is 17.6. The molecule has 1 unspecified atom stereocenters. The van der Waals surface area contributed by atoms with Crippen LogP contribution in [0.3, 0.4) is 0 Å². The third kappa shape index (κ3) is 5.08. The predicted molar refractivity (Wildman–Crippen MR) is 131 cm³/mol. The first kappa shape index (κ1) is 21.8. The maximum absolute atomic E-state index is 12.8. The molecule has 0 saturated heterocycles. The van der Waals surface area contributed by atoms with Gasteiger partial charge in [0.1, 0.15) is 5.82 Å². The summed E-state index contributed by atoms with van der Waals surface area (Å²) in [6, 6.07) is 26.5. The van der Waals surface area contributed by atoms with Crippen LogP contribution in [-0.2, 0) is 17.8 Å². The van der Waals surface area contributed by atoms with E-state index >= 15 is 0 Å². The zero-order valence-corrected chi connectivity index (χ0v) is 19.1. The molecule has 0 aliphatic rings. The van der Waals surface area contributed by atoms with E-state index in [1.165, 1.54) is 5.56 Å². The molecule has 1 atom stereocenters. The molecule has 0 spiro atoms. The number of nitrogens with zero attached hydrogens (tertiary/aromatic N) is 2. The highest BCUT2D eigenvalue weighted by Crippen LogP contribution is 2.23. The van der Waals surface area contributed by atoms with Gasteiger partial charge in [-0.25, -0.2) is 4.98 Å². The van der Waals surface area contributed by atoms with Crippen LogP contribution in [0.2, 0.25) is 0 Å². The van der Waals surface area contributed by atoms with Crippen LogP contribution < -0.4 is 5.32 Å². The van der Waals surface area contributed by atoms with E-state index in [1.807, 2.05) is 55.5 Å². The number of carbonyl (C=O) groups is 1. The van der Waals surface area contributed by atoms with E-state index in [0.717, 1.165) is 41.0 Å². The van der Waals surface area contributed by atoms with Crippen LogP contribution in [0, 0.1) is 5.92 Å². The number of fused-ring (bicyclic) bond motifs is 1. The van der Waals surface area contributed by atoms with Crippen molar-refractivity contribution in [1.29, 1.82) is 0 Å². The van der Waals surface area contributed by atoms with E-state index < -0.39 is 0 Å². The number of aryl methyl sites for hydroxylation is 1. The van der Waals surface area contributed by atoms with Crippen molar-refractivity contribution in [2.75, 3.05) is 0 Å². The van der Waals surface area contributed by atoms with Crippen molar-refractivity contribution in [2.45, 2.75) is 46.2 Å². The minimum atomic E-state index is -0.161. The lowest BCUT2D eigenvalue weighted by atomic mass is 10.0. The third-order valence-corrected chi connectivity index (χ3v) is 5.80. The van der Waals surface area contributed by atoms with E-state index in [4.69, 9.17) is 4.98 Å². The topological polar surface area (TPSA) is 46.9 Å². The molecule has 0 aliphatic heterocycles. The minimum Gasteiger partial charge on any atom is -0.346 e. The average Bonchev–Trinajstić information content (AvgIpc) is 3.17. The lowest BCUT2D eigenvalue weighted by Gasteiger charge is -2.17. The molecule has 4 aromatic rings. The first-order valence-corrected chi connectivity index (χ1v) is 11.4. The highest BCUT2D eigenvalue weighted by Gasteiger charge is 2.18. The Morgan fingerprint density at radius 1 is 0.875 bits per heavy atom. The van der Waals surface area contributed by atoms with Crippen LogP contribution >= 0.6 is 0 Å². The minimum absolute atomic E-state index is 0.00688. The quantitative estimate of drug-likeness (QED) is 0.367. The van der Waals surface area contributed by atoms with Crippen molar-refractivity contribution in [1.82, 2.24) is 14.9 Å². The van der Waals surface area contributed by atoms with Crippen LogP contribution in [0.1, 0.15) is 44.6 Å². The Morgan fingerprint density at radius 3 is 2.25 bits per heavy atom. The smallest absolute Gasteiger partial charge is 0.224 e. The fraction of sp³-hybridized carbons (Fsp3) is 0.286. The molecule has 4 rings (SSSR count). The van der Waals surface area contributed by atoms with Gasteiger partial charge in [0.15, 0.2) is 0 Å². The Kier molecular flexibility index (Phi) is 6.69. The van der Waals surface area contributed by atoms with Gasteiger partial charge in [-0.2, -0.15) is 0 Å². The van der Waals surface area contributed by atoms with Crippen molar-refractivity contribution in [2.24, 2.45) is 5.92 Å². The lowest BCUT2D eigenvalue weighted by Crippen LogP contribution is -2.30. The molecule has 1 aromatic heterocycles. The van der Waals surface area contributed by atoms with Crippen LogP contribution in [0.25, 0.3) is 22.2 Å². The summed E-state index contributed by atoms with van der Waals surface area (Å²) in [6.07, 6.45) is 1.42. The standard InChI is InChI=1S/C28H31N3O/c1-20(2)17-18-31-26-12-8-7-11-25(26)30-28(31)21(3)29-27(32)19-22-13-15-24(16-14-22)23-9-5-4-6-10-23/h4-16,20-21H,17-19H2,1-3H3,(H,29,32). The Hall–Kier alpha value is -3.40. The number of hydrogen-bond donors (Lipinski definition) is 1. The molecule has 0 bridgehead atoms. The number of nitrogens with one attached hydrogen (secondary N) is 1. The lowest BCUT2D eigenvalue weighted by molar-refractivity contribution is -0.121. The molecular formula is C28H31N3O. The van der Waals surface area contributed by atoms with Gasteiger partial charge in [0.05, 0.1) is 23.5 Å². The zero-order valence-electron chi connectivity index (χ0n) is 19.1. The van der Waals surface area contributed by atoms with Crippen molar-refractivity contribution < 1.29 is 4.79 Å². The first-order valence-electron chi connectivity index (χ1n) is 11.4. The Bertz CT molecular complexity index is 1180. The van der Waals surface area contributed by atoms with E-state index in [0.29, 0.717) is 12.3 Å². The van der Waals surface area contributed by atoms with Gasteiger partial charge in [-0.1, -0.05) is 80.6 Å². The number of imidazole rings is 1. The molecule has 0 fully saturated rings. The number of para-hydroxylation sites is 2. The molecular weight excluding hydrogens is 394 g/mol. The number of aromatic nitrogens is 2. The summed E-state index contributed by atoms with van der Waals surface area (Å²) in [5, 5.41) is 3.16. The molecule has 0 aliphatic carbocycles. The Balaban J connectivity index is 1.45. The average molecular weight is 426 g/mol. The fourth-order valence-corrected chi connectivity index (χ4v) is 4.04. The molecule has 4 heteroatoms. The molecule has 32 heavy (non-hydrogen) atoms. The molecule has 4 nitrogen and oxygen atoms in total. The summed E-state index contributed by atoms with van der Waals surface area (Å²) in [5.41, 5.74) is 5.44. The maximum atomic E-state index is 12.8. The summed E-state index contributed by atoms with van der Waals surface area (Å²) in [7, 11) is 0. The number of amides is 1. The summed E-state index contributed by atoms with van der Waals surface area (Å²) >= 11 is 0. The van der Waals surface area contributed by atoms with Crippen LogP contribution in [0.5, 0.6) is 0 Å². The highest BCUT2D eigenvalue weighted by molar-refractivity contribution is 5.80. The second-order valence-electron chi connectivity index (χ2n) is 8.82. The highest BCUT2D eigenvalue weighted by atomic mass is 16.1. The second-order valence-corrected chi connectivity index (χ2v) is 8.82.